The Kier molecular flexibility index (Phi) is 14.7. The third kappa shape index (κ3) is 9.73. The lowest BCUT2D eigenvalue weighted by molar-refractivity contribution is -0.457. The van der Waals surface area contributed by atoms with Crippen molar-refractivity contribution in [2.75, 3.05) is 44.5 Å². The Morgan fingerprint density at radius 3 is 2.15 bits per heavy atom. The van der Waals surface area contributed by atoms with E-state index in [1.807, 2.05) is 19.1 Å². The number of carbonyl (C=O) groups excluding carboxylic acids is 1. The third-order valence-electron chi connectivity index (χ3n) is 12.5. The van der Waals surface area contributed by atoms with Crippen molar-refractivity contribution in [2.45, 2.75) is 114 Å². The molecule has 0 radical (unpaired) electrons. The van der Waals surface area contributed by atoms with Gasteiger partial charge in [-0.15, -0.1) is 0 Å². The van der Waals surface area contributed by atoms with Crippen LogP contribution in [-0.4, -0.2) is 91.7 Å². The number of benzene rings is 2. The predicted octanol–water partition coefficient (Wildman–Crippen LogP) is 11.7. The molecule has 1 heterocycles. The van der Waals surface area contributed by atoms with Crippen LogP contribution in [0.15, 0.2) is 36.4 Å². The van der Waals surface area contributed by atoms with Crippen molar-refractivity contribution in [1.29, 1.82) is 0 Å². The summed E-state index contributed by atoms with van der Waals surface area (Å²) in [4.78, 5) is 14.6. The maximum Gasteiger partial charge on any atom is 0.435 e. The van der Waals surface area contributed by atoms with E-state index < -0.39 is 49.1 Å². The van der Waals surface area contributed by atoms with Gasteiger partial charge in [0, 0.05) is 36.8 Å². The molecule has 3 fully saturated rings. The fraction of sp³-hybridized carbons (Fsp3) is 0.683. The minimum Gasteiger partial charge on any atom is -0.490 e. The fourth-order valence-electron chi connectivity index (χ4n) is 9.60. The molecule has 1 unspecified atom stereocenters. The lowest BCUT2D eigenvalue weighted by Crippen LogP contribution is -2.67. The normalized spacial score (nSPS) is 25.8. The number of fused-ring (bicyclic) bond motifs is 5. The first-order chi connectivity index (χ1) is 28.3. The van der Waals surface area contributed by atoms with Gasteiger partial charge in [-0.2, -0.15) is 39.5 Å². The summed E-state index contributed by atoms with van der Waals surface area (Å²) in [6.07, 6.45) is -15.5. The maximum atomic E-state index is 15.0. The summed E-state index contributed by atoms with van der Waals surface area (Å²) >= 11 is 0. The van der Waals surface area contributed by atoms with Crippen LogP contribution < -0.4 is 14.2 Å². The Balaban J connectivity index is 0.961. The minimum absolute atomic E-state index is 0.0431. The number of alkyl halides is 9. The first-order valence-electron chi connectivity index (χ1n) is 20.2. The van der Waals surface area contributed by atoms with Crippen molar-refractivity contribution >= 4 is 27.7 Å². The molecule has 0 bridgehead atoms. The number of rotatable bonds is 15. The molecule has 7 nitrogen and oxygen atoms in total. The van der Waals surface area contributed by atoms with Crippen LogP contribution in [-0.2, 0) is 15.9 Å². The lowest BCUT2D eigenvalue weighted by atomic mass is 9.55. The Labute approximate surface area is 350 Å². The summed E-state index contributed by atoms with van der Waals surface area (Å²) < 4.78 is 161. The molecule has 2 aromatic carbocycles. The summed E-state index contributed by atoms with van der Waals surface area (Å²) in [7, 11) is 3.49. The van der Waals surface area contributed by atoms with Gasteiger partial charge in [-0.05, 0) is 116 Å². The maximum absolute atomic E-state index is 15.0. The van der Waals surface area contributed by atoms with Gasteiger partial charge in [0.2, 0.25) is 0 Å². The van der Waals surface area contributed by atoms with Crippen LogP contribution in [0.4, 0.5) is 48.7 Å². The van der Waals surface area contributed by atoms with Crippen LogP contribution in [0.25, 0.3) is 0 Å². The van der Waals surface area contributed by atoms with Crippen LogP contribution in [0.1, 0.15) is 82.3 Å². The zero-order valence-electron chi connectivity index (χ0n) is 33.2. The van der Waals surface area contributed by atoms with Gasteiger partial charge in [-0.25, -0.2) is 9.18 Å². The predicted molar refractivity (Wildman–Crippen MR) is 206 cm³/mol. The highest BCUT2D eigenvalue weighted by molar-refractivity contribution is 8.76. The molecule has 1 aliphatic heterocycles. The molecule has 4 aliphatic rings. The van der Waals surface area contributed by atoms with Gasteiger partial charge in [-0.3, -0.25) is 0 Å². The number of aryl methyl sites for hydroxylation is 1. The van der Waals surface area contributed by atoms with Gasteiger partial charge in [0.25, 0.3) is 0 Å². The molecule has 3 aliphatic carbocycles. The topological polar surface area (TPSA) is 66.5 Å². The van der Waals surface area contributed by atoms with E-state index in [2.05, 4.69) is 17.7 Å². The molecule has 2 saturated carbocycles. The zero-order chi connectivity index (χ0) is 43.5. The third-order valence-corrected chi connectivity index (χ3v) is 15.0. The number of ether oxygens (including phenoxy) is 5. The van der Waals surface area contributed by atoms with E-state index in [4.69, 9.17) is 18.9 Å². The zero-order valence-corrected chi connectivity index (χ0v) is 34.8. The van der Waals surface area contributed by atoms with E-state index >= 15 is 0 Å². The van der Waals surface area contributed by atoms with E-state index in [-0.39, 0.29) is 60.7 Å². The summed E-state index contributed by atoms with van der Waals surface area (Å²) in [6, 6.07) is 10.1. The molecule has 60 heavy (non-hydrogen) atoms. The minimum atomic E-state index is -6.76. The largest absolute Gasteiger partial charge is 0.490 e. The number of hydrogen-bond donors (Lipinski definition) is 0. The molecule has 6 atom stereocenters. The van der Waals surface area contributed by atoms with Gasteiger partial charge in [0.05, 0.1) is 12.7 Å². The molecule has 19 heteroatoms. The number of hydrogen-bond acceptors (Lipinski definition) is 8. The van der Waals surface area contributed by atoms with E-state index in [1.54, 1.807) is 26.5 Å². The van der Waals surface area contributed by atoms with Gasteiger partial charge < -0.3 is 28.6 Å². The van der Waals surface area contributed by atoms with Crippen LogP contribution >= 0.6 is 21.6 Å². The second-order valence-electron chi connectivity index (χ2n) is 16.0. The average molecular weight is 906 g/mol. The van der Waals surface area contributed by atoms with Crippen molar-refractivity contribution < 1.29 is 72.4 Å². The summed E-state index contributed by atoms with van der Waals surface area (Å²) in [5.41, 5.74) is -4.20. The number of amides is 1. The summed E-state index contributed by atoms with van der Waals surface area (Å²) in [5, 5.41) is 0. The smallest absolute Gasteiger partial charge is 0.435 e. The van der Waals surface area contributed by atoms with Gasteiger partial charge in [0.1, 0.15) is 24.7 Å². The first-order valence-corrected chi connectivity index (χ1v) is 22.7. The van der Waals surface area contributed by atoms with Crippen LogP contribution in [0.5, 0.6) is 17.2 Å². The Morgan fingerprint density at radius 2 is 1.52 bits per heavy atom. The van der Waals surface area contributed by atoms with Crippen LogP contribution in [0.3, 0.4) is 0 Å². The van der Waals surface area contributed by atoms with Gasteiger partial charge >= 0.3 is 30.2 Å². The molecule has 0 N–H and O–H groups in total. The first kappa shape index (κ1) is 46.7. The number of halogens is 10. The lowest BCUT2D eigenvalue weighted by Gasteiger charge is -2.50. The Hall–Kier alpha value is -2.77. The molecular weight excluding hydrogens is 857 g/mol. The highest BCUT2D eigenvalue weighted by Gasteiger charge is 2.85. The van der Waals surface area contributed by atoms with Crippen LogP contribution in [0.2, 0.25) is 0 Å². The van der Waals surface area contributed by atoms with E-state index in [0.717, 1.165) is 56.5 Å². The van der Waals surface area contributed by atoms with Crippen molar-refractivity contribution in [1.82, 2.24) is 4.90 Å². The van der Waals surface area contributed by atoms with Crippen molar-refractivity contribution in [3.05, 3.63) is 53.3 Å². The monoisotopic (exact) mass is 905 g/mol. The second kappa shape index (κ2) is 18.9. The summed E-state index contributed by atoms with van der Waals surface area (Å²) in [6.45, 7) is 3.10. The Bertz CT molecular complexity index is 1740. The quantitative estimate of drug-likeness (QED) is 0.0995. The number of carbonyl (C=O) groups is 1. The molecule has 2 aromatic rings. The van der Waals surface area contributed by atoms with E-state index in [1.165, 1.54) is 29.3 Å². The molecule has 1 saturated heterocycles. The molecule has 0 aromatic heterocycles. The van der Waals surface area contributed by atoms with E-state index in [9.17, 15) is 48.7 Å². The van der Waals surface area contributed by atoms with Crippen molar-refractivity contribution in [3.63, 3.8) is 0 Å². The highest BCUT2D eigenvalue weighted by atomic mass is 33.1. The SMILES string of the molecule is CCCN(C(=O)Oc1ccc(OCCOc2ccc3c(c2)CC[C@@H]2[C@@H]3CC[C@]3(C)[C@@H](OCCCOC(C(F)(F)F)(C(F)(F)F)C(F)(F)F)CC[C@@H]23)cc1F)C1CCSSC1. The van der Waals surface area contributed by atoms with E-state index in [0.29, 0.717) is 24.6 Å². The average Bonchev–Trinajstić information content (AvgIpc) is 3.52. The van der Waals surface area contributed by atoms with Crippen molar-refractivity contribution in [3.8, 4) is 17.2 Å². The molecule has 6 rings (SSSR count). The summed E-state index contributed by atoms with van der Waals surface area (Å²) in [5.74, 6) is 2.60. The van der Waals surface area contributed by atoms with Gasteiger partial charge in [0.15, 0.2) is 11.6 Å². The molecule has 336 valence electrons. The number of nitrogens with zero attached hydrogens (tertiary/aromatic N) is 1. The fourth-order valence-corrected chi connectivity index (χ4v) is 12.1. The Morgan fingerprint density at radius 1 is 0.833 bits per heavy atom. The van der Waals surface area contributed by atoms with Crippen molar-refractivity contribution in [2.24, 2.45) is 17.3 Å². The molecular formula is C41H49F10NO6S2. The van der Waals surface area contributed by atoms with Gasteiger partial charge in [-0.1, -0.05) is 41.5 Å². The second-order valence-corrected chi connectivity index (χ2v) is 18.7. The van der Waals surface area contributed by atoms with Crippen LogP contribution in [0, 0.1) is 23.1 Å². The molecule has 0 spiro atoms. The highest BCUT2D eigenvalue weighted by Crippen LogP contribution is 2.62. The molecule has 1 amide bonds. The standard InChI is InChI=1S/C41H49F10NO6S2/c1-3-16-52(26-14-21-59-60-24-26)36(53)58-34-11-7-28(23-33(34)42)55-20-19-54-27-6-9-29-25(22-27)5-8-31-30(29)13-15-37(2)32(31)10-12-35(37)56-17-4-18-57-38(39(43,44)45,40(46,47)48)41(49,50)51/h6-7,9,11,22-23,26,30-32,35H,3-5,8,10,12-21,24H2,1-2H3/t26?,30-,31-,32+,35+,37+/m1/s1.